The molecule has 0 unspecified atom stereocenters. The zero-order valence-electron chi connectivity index (χ0n) is 11.6. The Labute approximate surface area is 127 Å². The molecular formula is C14H17BrN2O2S. The van der Waals surface area contributed by atoms with E-state index < -0.39 is 9.84 Å². The summed E-state index contributed by atoms with van der Waals surface area (Å²) >= 11 is 3.50. The van der Waals surface area contributed by atoms with Crippen LogP contribution in [-0.2, 0) is 16.4 Å². The molecule has 1 aromatic heterocycles. The molecule has 1 heterocycles. The average Bonchev–Trinajstić information content (AvgIpc) is 2.55. The monoisotopic (exact) mass is 356 g/mol. The average molecular weight is 357 g/mol. The van der Waals surface area contributed by atoms with Crippen LogP contribution in [-0.4, -0.2) is 19.2 Å². The molecule has 20 heavy (non-hydrogen) atoms. The highest BCUT2D eigenvalue weighted by Gasteiger charge is 2.23. The number of aromatic nitrogens is 1. The van der Waals surface area contributed by atoms with Gasteiger partial charge in [-0.15, -0.1) is 0 Å². The van der Waals surface area contributed by atoms with Crippen molar-refractivity contribution in [2.75, 3.05) is 12.0 Å². The second kappa shape index (κ2) is 5.26. The molecule has 2 rings (SSSR count). The van der Waals surface area contributed by atoms with Crippen LogP contribution in [0.5, 0.6) is 0 Å². The maximum Gasteiger partial charge on any atom is 0.179 e. The molecule has 1 aromatic carbocycles. The Bertz CT molecular complexity index is 764. The zero-order chi connectivity index (χ0) is 15.1. The van der Waals surface area contributed by atoms with E-state index in [2.05, 4.69) is 15.9 Å². The molecule has 0 bridgehead atoms. The van der Waals surface area contributed by atoms with E-state index in [0.717, 1.165) is 21.3 Å². The highest BCUT2D eigenvalue weighted by Crippen LogP contribution is 2.30. The Morgan fingerprint density at radius 2 is 1.85 bits per heavy atom. The predicted molar refractivity (Wildman–Crippen MR) is 84.7 cm³/mol. The van der Waals surface area contributed by atoms with E-state index in [4.69, 9.17) is 5.73 Å². The maximum atomic E-state index is 11.9. The minimum atomic E-state index is -3.33. The van der Waals surface area contributed by atoms with Crippen molar-refractivity contribution in [3.05, 3.63) is 45.6 Å². The summed E-state index contributed by atoms with van der Waals surface area (Å²) in [5.41, 5.74) is 8.70. The molecule has 108 valence electrons. The third-order valence-electron chi connectivity index (χ3n) is 3.47. The van der Waals surface area contributed by atoms with Gasteiger partial charge >= 0.3 is 0 Å². The quantitative estimate of drug-likeness (QED) is 0.919. The predicted octanol–water partition coefficient (Wildman–Crippen LogP) is 2.90. The highest BCUT2D eigenvalue weighted by atomic mass is 79.9. The molecule has 0 spiro atoms. The van der Waals surface area contributed by atoms with Crippen molar-refractivity contribution in [3.8, 4) is 0 Å². The Morgan fingerprint density at radius 3 is 2.35 bits per heavy atom. The van der Waals surface area contributed by atoms with Crippen molar-refractivity contribution in [2.45, 2.75) is 25.3 Å². The fourth-order valence-electron chi connectivity index (χ4n) is 2.33. The van der Waals surface area contributed by atoms with Gasteiger partial charge in [0.2, 0.25) is 0 Å². The van der Waals surface area contributed by atoms with Gasteiger partial charge in [0.15, 0.2) is 9.84 Å². The number of sulfone groups is 1. The lowest BCUT2D eigenvalue weighted by molar-refractivity contribution is 0.601. The van der Waals surface area contributed by atoms with Crippen LogP contribution in [0.4, 0.5) is 5.82 Å². The molecule has 0 radical (unpaired) electrons. The van der Waals surface area contributed by atoms with Crippen LogP contribution in [0.2, 0.25) is 0 Å². The first-order valence-corrected chi connectivity index (χ1v) is 8.80. The molecular weight excluding hydrogens is 340 g/mol. The fraction of sp³-hybridized carbons (Fsp3) is 0.286. The first kappa shape index (κ1) is 15.1. The van der Waals surface area contributed by atoms with Crippen LogP contribution in [0.3, 0.4) is 0 Å². The fourth-order valence-corrected chi connectivity index (χ4v) is 3.94. The third kappa shape index (κ3) is 2.62. The van der Waals surface area contributed by atoms with E-state index in [9.17, 15) is 8.42 Å². The zero-order valence-corrected chi connectivity index (χ0v) is 14.0. The molecule has 0 atom stereocenters. The van der Waals surface area contributed by atoms with Crippen LogP contribution in [0.25, 0.3) is 0 Å². The number of rotatable bonds is 3. The Morgan fingerprint density at radius 1 is 1.25 bits per heavy atom. The standard InChI is InChI=1S/C14H17BrN2O2S/c1-9-10(2)17(14(16)13(9)20(3,18)19)8-11-6-4-5-7-12(11)15/h4-7H,8,16H2,1-3H3. The number of halogens is 1. The van der Waals surface area contributed by atoms with Crippen molar-refractivity contribution >= 4 is 31.6 Å². The van der Waals surface area contributed by atoms with Crippen LogP contribution < -0.4 is 5.73 Å². The second-order valence-electron chi connectivity index (χ2n) is 4.87. The number of benzene rings is 1. The Balaban J connectivity index is 2.58. The molecule has 0 aliphatic rings. The van der Waals surface area contributed by atoms with Gasteiger partial charge in [-0.1, -0.05) is 34.1 Å². The summed E-state index contributed by atoms with van der Waals surface area (Å²) in [4.78, 5) is 0.238. The van der Waals surface area contributed by atoms with Gasteiger partial charge in [-0.2, -0.15) is 0 Å². The van der Waals surface area contributed by atoms with E-state index in [1.165, 1.54) is 6.26 Å². The molecule has 2 N–H and O–H groups in total. The van der Waals surface area contributed by atoms with Crippen LogP contribution in [0.15, 0.2) is 33.6 Å². The van der Waals surface area contributed by atoms with Gasteiger partial charge in [0.05, 0.1) is 6.54 Å². The minimum absolute atomic E-state index is 0.238. The molecule has 0 aliphatic carbocycles. The molecule has 0 aliphatic heterocycles. The lowest BCUT2D eigenvalue weighted by Crippen LogP contribution is -2.08. The number of anilines is 1. The van der Waals surface area contributed by atoms with Gasteiger partial charge in [-0.25, -0.2) is 8.42 Å². The maximum absolute atomic E-state index is 11.9. The van der Waals surface area contributed by atoms with E-state index in [1.54, 1.807) is 6.92 Å². The molecule has 6 heteroatoms. The number of hydrogen-bond acceptors (Lipinski definition) is 3. The smallest absolute Gasteiger partial charge is 0.179 e. The van der Waals surface area contributed by atoms with Crippen molar-refractivity contribution in [1.29, 1.82) is 0 Å². The second-order valence-corrected chi connectivity index (χ2v) is 7.68. The number of nitrogens with zero attached hydrogens (tertiary/aromatic N) is 1. The van der Waals surface area contributed by atoms with E-state index in [0.29, 0.717) is 12.4 Å². The third-order valence-corrected chi connectivity index (χ3v) is 5.50. The summed E-state index contributed by atoms with van der Waals surface area (Å²) in [6.45, 7) is 4.21. The summed E-state index contributed by atoms with van der Waals surface area (Å²) in [5, 5.41) is 0. The summed E-state index contributed by atoms with van der Waals surface area (Å²) in [6.07, 6.45) is 1.19. The van der Waals surface area contributed by atoms with Crippen molar-refractivity contribution < 1.29 is 8.42 Å². The molecule has 0 saturated heterocycles. The topological polar surface area (TPSA) is 65.1 Å². The van der Waals surface area contributed by atoms with Crippen LogP contribution >= 0.6 is 15.9 Å². The van der Waals surface area contributed by atoms with Gasteiger partial charge in [0, 0.05) is 16.4 Å². The molecule has 0 fully saturated rings. The Kier molecular flexibility index (Phi) is 3.97. The minimum Gasteiger partial charge on any atom is -0.384 e. The highest BCUT2D eigenvalue weighted by molar-refractivity contribution is 9.10. The number of nitrogen functional groups attached to an aromatic ring is 1. The van der Waals surface area contributed by atoms with Crippen molar-refractivity contribution in [3.63, 3.8) is 0 Å². The summed E-state index contributed by atoms with van der Waals surface area (Å²) < 4.78 is 26.5. The van der Waals surface area contributed by atoms with Gasteiger partial charge in [0.25, 0.3) is 0 Å². The summed E-state index contributed by atoms with van der Waals surface area (Å²) in [5.74, 6) is 0.304. The van der Waals surface area contributed by atoms with Gasteiger partial charge in [-0.05, 0) is 31.0 Å². The lowest BCUT2D eigenvalue weighted by atomic mass is 10.2. The van der Waals surface area contributed by atoms with Gasteiger partial charge in [-0.3, -0.25) is 0 Å². The van der Waals surface area contributed by atoms with Crippen molar-refractivity contribution in [1.82, 2.24) is 4.57 Å². The SMILES string of the molecule is Cc1c(S(C)(=O)=O)c(N)n(Cc2ccccc2Br)c1C. The van der Waals surface area contributed by atoms with E-state index in [-0.39, 0.29) is 4.90 Å². The van der Waals surface area contributed by atoms with Crippen LogP contribution in [0.1, 0.15) is 16.8 Å². The van der Waals surface area contributed by atoms with E-state index in [1.807, 2.05) is 35.8 Å². The molecule has 0 amide bonds. The lowest BCUT2D eigenvalue weighted by Gasteiger charge is -2.11. The largest absolute Gasteiger partial charge is 0.384 e. The summed E-state index contributed by atoms with van der Waals surface area (Å²) in [7, 11) is -3.33. The first-order chi connectivity index (χ1) is 9.23. The normalized spacial score (nSPS) is 11.8. The van der Waals surface area contributed by atoms with Gasteiger partial charge < -0.3 is 10.3 Å². The number of hydrogen-bond donors (Lipinski definition) is 1. The molecule has 2 aromatic rings. The first-order valence-electron chi connectivity index (χ1n) is 6.12. The van der Waals surface area contributed by atoms with Crippen LogP contribution in [0, 0.1) is 13.8 Å². The van der Waals surface area contributed by atoms with Crippen molar-refractivity contribution in [2.24, 2.45) is 0 Å². The summed E-state index contributed by atoms with van der Waals surface area (Å²) in [6, 6.07) is 7.82. The Hall–Kier alpha value is -1.27. The van der Waals surface area contributed by atoms with E-state index >= 15 is 0 Å². The number of nitrogens with two attached hydrogens (primary N) is 1. The van der Waals surface area contributed by atoms with Gasteiger partial charge in [0.1, 0.15) is 10.7 Å². The molecule has 0 saturated carbocycles. The molecule has 4 nitrogen and oxygen atoms in total.